The summed E-state index contributed by atoms with van der Waals surface area (Å²) in [6.07, 6.45) is 2.06. The molecule has 0 aliphatic carbocycles. The molecule has 0 N–H and O–H groups in total. The van der Waals surface area contributed by atoms with E-state index < -0.39 is 0 Å². The van der Waals surface area contributed by atoms with Gasteiger partial charge in [-0.05, 0) is 31.2 Å². The highest BCUT2D eigenvalue weighted by Crippen LogP contribution is 2.18. The van der Waals surface area contributed by atoms with E-state index >= 15 is 0 Å². The number of methoxy groups -OCH3 is 1. The average Bonchev–Trinajstić information content (AvgIpc) is 2.84. The number of hydrogen-bond acceptors (Lipinski definition) is 2. The highest BCUT2D eigenvalue weighted by molar-refractivity contribution is 5.94. The average molecular weight is 284 g/mol. The lowest BCUT2D eigenvalue weighted by Crippen LogP contribution is -2.36. The molecule has 1 aromatic heterocycles. The largest absolute Gasteiger partial charge is 0.378 e. The van der Waals surface area contributed by atoms with Crippen LogP contribution in [0.25, 0.3) is 0 Å². The minimum atomic E-state index is 0.0207. The molecule has 0 saturated carbocycles. The van der Waals surface area contributed by atoms with E-state index in [0.29, 0.717) is 13.1 Å². The van der Waals surface area contributed by atoms with E-state index in [9.17, 15) is 4.79 Å². The Kier molecular flexibility index (Phi) is 3.80. The van der Waals surface area contributed by atoms with Crippen LogP contribution in [0, 0.1) is 6.92 Å². The van der Waals surface area contributed by atoms with Gasteiger partial charge in [-0.25, -0.2) is 0 Å². The minimum Gasteiger partial charge on any atom is -0.378 e. The maximum atomic E-state index is 12.8. The Bertz CT molecular complexity index is 648. The number of amides is 1. The van der Waals surface area contributed by atoms with Gasteiger partial charge in [0.25, 0.3) is 5.91 Å². The summed E-state index contributed by atoms with van der Waals surface area (Å²) in [5.41, 5.74) is 2.99. The van der Waals surface area contributed by atoms with E-state index in [1.807, 2.05) is 48.4 Å². The molecule has 110 valence electrons. The summed E-state index contributed by atoms with van der Waals surface area (Å²) in [7, 11) is 1.70. The Morgan fingerprint density at radius 1 is 1.24 bits per heavy atom. The zero-order valence-electron chi connectivity index (χ0n) is 12.5. The van der Waals surface area contributed by atoms with Gasteiger partial charge in [0.15, 0.2) is 0 Å². The third-order valence-corrected chi connectivity index (χ3v) is 3.99. The molecular formula is C17H20N2O2. The first-order chi connectivity index (χ1) is 10.2. The molecule has 1 aromatic carbocycles. The van der Waals surface area contributed by atoms with Gasteiger partial charge in [-0.2, -0.15) is 0 Å². The Labute approximate surface area is 124 Å². The maximum absolute atomic E-state index is 12.8. The maximum Gasteiger partial charge on any atom is 0.254 e. The van der Waals surface area contributed by atoms with Crippen molar-refractivity contribution in [3.63, 3.8) is 0 Å². The molecule has 0 fully saturated rings. The summed E-state index contributed by atoms with van der Waals surface area (Å²) < 4.78 is 7.69. The fourth-order valence-electron chi connectivity index (χ4n) is 2.82. The number of fused-ring (bicyclic) bond motifs is 1. The van der Waals surface area contributed by atoms with Crippen molar-refractivity contribution >= 4 is 5.91 Å². The molecule has 1 amide bonds. The molecule has 0 saturated heterocycles. The molecule has 21 heavy (non-hydrogen) atoms. The van der Waals surface area contributed by atoms with Gasteiger partial charge in [-0.1, -0.05) is 17.7 Å². The quantitative estimate of drug-likeness (QED) is 0.849. The van der Waals surface area contributed by atoms with Crippen molar-refractivity contribution in [3.05, 3.63) is 59.4 Å². The molecular weight excluding hydrogens is 264 g/mol. The number of carbonyl (C=O) groups excluding carboxylic acids is 1. The normalized spacial score (nSPS) is 18.2. The Morgan fingerprint density at radius 2 is 2.10 bits per heavy atom. The summed E-state index contributed by atoms with van der Waals surface area (Å²) in [6.45, 7) is 4.03. The molecule has 4 heteroatoms. The predicted octanol–water partition coefficient (Wildman–Crippen LogP) is 2.47. The molecule has 0 unspecified atom stereocenters. The van der Waals surface area contributed by atoms with Gasteiger partial charge in [-0.3, -0.25) is 4.79 Å². The lowest BCUT2D eigenvalue weighted by molar-refractivity contribution is 0.0459. The van der Waals surface area contributed by atoms with E-state index in [2.05, 4.69) is 10.6 Å². The smallest absolute Gasteiger partial charge is 0.254 e. The van der Waals surface area contributed by atoms with Crippen LogP contribution in [0.1, 0.15) is 21.6 Å². The van der Waals surface area contributed by atoms with E-state index in [1.165, 1.54) is 0 Å². The van der Waals surface area contributed by atoms with Crippen LogP contribution in [-0.2, 0) is 17.8 Å². The monoisotopic (exact) mass is 284 g/mol. The Hall–Kier alpha value is -2.07. The van der Waals surface area contributed by atoms with Gasteiger partial charge in [0, 0.05) is 31.1 Å². The topological polar surface area (TPSA) is 34.5 Å². The summed E-state index contributed by atoms with van der Waals surface area (Å²) in [5, 5.41) is 0. The summed E-state index contributed by atoms with van der Waals surface area (Å²) >= 11 is 0. The fraction of sp³-hybridized carbons (Fsp3) is 0.353. The molecule has 4 nitrogen and oxygen atoms in total. The standard InChI is InChI=1S/C17H20N2O2/c1-13-5-3-6-14(9-13)17(20)19-10-15-7-4-8-18(15)11-16(12-19)21-2/h3-9,16H,10-12H2,1-2H3/t16-/m1/s1. The van der Waals surface area contributed by atoms with Crippen molar-refractivity contribution in [1.29, 1.82) is 0 Å². The molecule has 1 aliphatic heterocycles. The van der Waals surface area contributed by atoms with Crippen molar-refractivity contribution in [3.8, 4) is 0 Å². The number of hydrogen-bond donors (Lipinski definition) is 0. The number of ether oxygens (including phenoxy) is 1. The van der Waals surface area contributed by atoms with Gasteiger partial charge in [0.05, 0.1) is 19.2 Å². The molecule has 0 radical (unpaired) electrons. The highest BCUT2D eigenvalue weighted by Gasteiger charge is 2.25. The van der Waals surface area contributed by atoms with Gasteiger partial charge in [0.1, 0.15) is 0 Å². The van der Waals surface area contributed by atoms with Gasteiger partial charge in [0.2, 0.25) is 0 Å². The molecule has 2 aromatic rings. The van der Waals surface area contributed by atoms with Crippen molar-refractivity contribution < 1.29 is 9.53 Å². The van der Waals surface area contributed by atoms with E-state index in [1.54, 1.807) is 7.11 Å². The highest BCUT2D eigenvalue weighted by atomic mass is 16.5. The summed E-state index contributed by atoms with van der Waals surface area (Å²) in [4.78, 5) is 14.6. The molecule has 3 rings (SSSR count). The summed E-state index contributed by atoms with van der Waals surface area (Å²) in [5.74, 6) is 0.0652. The summed E-state index contributed by atoms with van der Waals surface area (Å²) in [6, 6.07) is 11.8. The van der Waals surface area contributed by atoms with Crippen LogP contribution in [0.5, 0.6) is 0 Å². The number of rotatable bonds is 2. The van der Waals surface area contributed by atoms with Crippen molar-refractivity contribution in [2.75, 3.05) is 13.7 Å². The Balaban J connectivity index is 1.88. The first-order valence-electron chi connectivity index (χ1n) is 7.20. The lowest BCUT2D eigenvalue weighted by Gasteiger charge is -2.23. The second kappa shape index (κ2) is 5.74. The molecule has 1 aliphatic rings. The van der Waals surface area contributed by atoms with Crippen LogP contribution in [-0.4, -0.2) is 35.1 Å². The number of carbonyl (C=O) groups is 1. The number of nitrogens with zero attached hydrogens (tertiary/aromatic N) is 2. The second-order valence-corrected chi connectivity index (χ2v) is 5.56. The lowest BCUT2D eigenvalue weighted by atomic mass is 10.1. The first kappa shape index (κ1) is 13.9. The second-order valence-electron chi connectivity index (χ2n) is 5.56. The van der Waals surface area contributed by atoms with E-state index in [0.717, 1.165) is 23.4 Å². The third-order valence-electron chi connectivity index (χ3n) is 3.99. The number of aryl methyl sites for hydroxylation is 1. The van der Waals surface area contributed by atoms with Crippen LogP contribution >= 0.6 is 0 Å². The van der Waals surface area contributed by atoms with E-state index in [4.69, 9.17) is 4.74 Å². The van der Waals surface area contributed by atoms with Crippen molar-refractivity contribution in [2.45, 2.75) is 26.1 Å². The van der Waals surface area contributed by atoms with Crippen LogP contribution < -0.4 is 0 Å². The Morgan fingerprint density at radius 3 is 2.86 bits per heavy atom. The van der Waals surface area contributed by atoms with Crippen LogP contribution in [0.4, 0.5) is 0 Å². The number of benzene rings is 1. The molecule has 0 spiro atoms. The predicted molar refractivity (Wildman–Crippen MR) is 81.1 cm³/mol. The SMILES string of the molecule is CO[C@H]1CN(C(=O)c2cccc(C)c2)Cc2cccn2C1. The first-order valence-corrected chi connectivity index (χ1v) is 7.20. The van der Waals surface area contributed by atoms with E-state index in [-0.39, 0.29) is 12.0 Å². The van der Waals surface area contributed by atoms with Crippen molar-refractivity contribution in [2.24, 2.45) is 0 Å². The number of aromatic nitrogens is 1. The van der Waals surface area contributed by atoms with Gasteiger partial charge in [-0.15, -0.1) is 0 Å². The molecule has 2 heterocycles. The van der Waals surface area contributed by atoms with Crippen LogP contribution in [0.15, 0.2) is 42.6 Å². The van der Waals surface area contributed by atoms with Crippen LogP contribution in [0.2, 0.25) is 0 Å². The zero-order valence-corrected chi connectivity index (χ0v) is 12.5. The molecule has 0 bridgehead atoms. The fourth-order valence-corrected chi connectivity index (χ4v) is 2.82. The molecule has 1 atom stereocenters. The van der Waals surface area contributed by atoms with Gasteiger partial charge < -0.3 is 14.2 Å². The van der Waals surface area contributed by atoms with Crippen molar-refractivity contribution in [1.82, 2.24) is 9.47 Å². The minimum absolute atomic E-state index is 0.0207. The van der Waals surface area contributed by atoms with Crippen LogP contribution in [0.3, 0.4) is 0 Å². The van der Waals surface area contributed by atoms with Gasteiger partial charge >= 0.3 is 0 Å². The third kappa shape index (κ3) is 2.85. The zero-order chi connectivity index (χ0) is 14.8.